The minimum absolute atomic E-state index is 0.134. The van der Waals surface area contributed by atoms with Crippen LogP contribution in [0, 0.1) is 18.6 Å². The molecule has 0 N–H and O–H groups in total. The van der Waals surface area contributed by atoms with E-state index in [1.807, 2.05) is 31.2 Å². The van der Waals surface area contributed by atoms with Crippen molar-refractivity contribution >= 4 is 11.9 Å². The molecular formula is C16H12F2O. The van der Waals surface area contributed by atoms with E-state index < -0.39 is 17.4 Å². The highest BCUT2D eigenvalue weighted by atomic mass is 19.1. The summed E-state index contributed by atoms with van der Waals surface area (Å²) in [7, 11) is 0. The molecular weight excluding hydrogens is 246 g/mol. The summed E-state index contributed by atoms with van der Waals surface area (Å²) in [4.78, 5) is 11.8. The molecule has 0 spiro atoms. The highest BCUT2D eigenvalue weighted by molar-refractivity contribution is 6.06. The second-order valence-electron chi connectivity index (χ2n) is 4.24. The Balaban J connectivity index is 2.21. The van der Waals surface area contributed by atoms with Crippen LogP contribution in [0.1, 0.15) is 21.5 Å². The molecule has 96 valence electrons. The maximum atomic E-state index is 13.4. The summed E-state index contributed by atoms with van der Waals surface area (Å²) < 4.78 is 26.1. The topological polar surface area (TPSA) is 17.1 Å². The summed E-state index contributed by atoms with van der Waals surface area (Å²) in [6.07, 6.45) is 2.89. The van der Waals surface area contributed by atoms with Crippen LogP contribution in [-0.2, 0) is 0 Å². The predicted molar refractivity (Wildman–Crippen MR) is 70.9 cm³/mol. The summed E-state index contributed by atoms with van der Waals surface area (Å²) in [5.41, 5.74) is 1.80. The van der Waals surface area contributed by atoms with Crippen LogP contribution in [-0.4, -0.2) is 5.78 Å². The first-order valence-electron chi connectivity index (χ1n) is 5.80. The van der Waals surface area contributed by atoms with Gasteiger partial charge in [-0.3, -0.25) is 4.79 Å². The van der Waals surface area contributed by atoms with Gasteiger partial charge in [0, 0.05) is 6.07 Å². The Labute approximate surface area is 110 Å². The molecule has 0 atom stereocenters. The average molecular weight is 258 g/mol. The van der Waals surface area contributed by atoms with Gasteiger partial charge in [0.2, 0.25) is 0 Å². The fourth-order valence-corrected chi connectivity index (χ4v) is 1.72. The van der Waals surface area contributed by atoms with Gasteiger partial charge < -0.3 is 0 Å². The van der Waals surface area contributed by atoms with Gasteiger partial charge in [-0.05, 0) is 30.7 Å². The molecule has 0 saturated carbocycles. The number of benzene rings is 2. The van der Waals surface area contributed by atoms with Crippen molar-refractivity contribution in [1.29, 1.82) is 0 Å². The molecule has 3 heteroatoms. The molecule has 0 aliphatic heterocycles. The normalized spacial score (nSPS) is 10.9. The fourth-order valence-electron chi connectivity index (χ4n) is 1.72. The Kier molecular flexibility index (Phi) is 3.85. The molecule has 2 aromatic carbocycles. The van der Waals surface area contributed by atoms with Gasteiger partial charge in [0.15, 0.2) is 5.78 Å². The van der Waals surface area contributed by atoms with Gasteiger partial charge in [0.05, 0.1) is 5.56 Å². The first-order valence-corrected chi connectivity index (χ1v) is 5.80. The number of rotatable bonds is 3. The number of carbonyl (C=O) groups excluding carboxylic acids is 1. The first-order chi connectivity index (χ1) is 9.06. The number of hydrogen-bond acceptors (Lipinski definition) is 1. The van der Waals surface area contributed by atoms with Gasteiger partial charge in [-0.1, -0.05) is 35.9 Å². The zero-order chi connectivity index (χ0) is 13.8. The summed E-state index contributed by atoms with van der Waals surface area (Å²) in [6.45, 7) is 1.94. The van der Waals surface area contributed by atoms with Crippen molar-refractivity contribution in [3.05, 3.63) is 76.9 Å². The summed E-state index contributed by atoms with van der Waals surface area (Å²) in [6, 6.07) is 10.5. The molecule has 0 fully saturated rings. The standard InChI is InChI=1S/C16H12F2O/c1-11-3-2-4-12(9-11)5-8-16(19)14-7-6-13(17)10-15(14)18/h2-10H,1H3. The van der Waals surface area contributed by atoms with E-state index in [0.29, 0.717) is 6.07 Å². The molecule has 0 aliphatic rings. The van der Waals surface area contributed by atoms with Crippen molar-refractivity contribution in [3.8, 4) is 0 Å². The van der Waals surface area contributed by atoms with Gasteiger partial charge in [-0.15, -0.1) is 0 Å². The molecule has 0 saturated heterocycles. The van der Waals surface area contributed by atoms with Gasteiger partial charge in [0.25, 0.3) is 0 Å². The van der Waals surface area contributed by atoms with Crippen LogP contribution in [0.3, 0.4) is 0 Å². The molecule has 0 aliphatic carbocycles. The number of aryl methyl sites for hydroxylation is 1. The molecule has 19 heavy (non-hydrogen) atoms. The Morgan fingerprint density at radius 3 is 2.58 bits per heavy atom. The van der Waals surface area contributed by atoms with Gasteiger partial charge in [0.1, 0.15) is 11.6 Å². The monoisotopic (exact) mass is 258 g/mol. The van der Waals surface area contributed by atoms with Crippen molar-refractivity contribution in [2.75, 3.05) is 0 Å². The molecule has 0 bridgehead atoms. The van der Waals surface area contributed by atoms with Crippen LogP contribution in [0.5, 0.6) is 0 Å². The molecule has 0 unspecified atom stereocenters. The van der Waals surface area contributed by atoms with E-state index in [0.717, 1.165) is 23.3 Å². The summed E-state index contributed by atoms with van der Waals surface area (Å²) in [5.74, 6) is -2.03. The quantitative estimate of drug-likeness (QED) is 0.596. The van der Waals surface area contributed by atoms with E-state index in [4.69, 9.17) is 0 Å². The van der Waals surface area contributed by atoms with Crippen LogP contribution in [0.2, 0.25) is 0 Å². The zero-order valence-electron chi connectivity index (χ0n) is 10.4. The molecule has 2 aromatic rings. The fraction of sp³-hybridized carbons (Fsp3) is 0.0625. The summed E-state index contributed by atoms with van der Waals surface area (Å²) >= 11 is 0. The van der Waals surface area contributed by atoms with E-state index in [-0.39, 0.29) is 5.56 Å². The second-order valence-corrected chi connectivity index (χ2v) is 4.24. The minimum Gasteiger partial charge on any atom is -0.289 e. The van der Waals surface area contributed by atoms with Crippen molar-refractivity contribution < 1.29 is 13.6 Å². The SMILES string of the molecule is Cc1cccc(C=CC(=O)c2ccc(F)cc2F)c1. The van der Waals surface area contributed by atoms with Crippen molar-refractivity contribution in [2.45, 2.75) is 6.92 Å². The first kappa shape index (κ1) is 13.1. The maximum Gasteiger partial charge on any atom is 0.188 e. The molecule has 0 aromatic heterocycles. The Bertz CT molecular complexity index is 645. The smallest absolute Gasteiger partial charge is 0.188 e. The second kappa shape index (κ2) is 5.57. The number of allylic oxidation sites excluding steroid dienone is 1. The lowest BCUT2D eigenvalue weighted by Crippen LogP contribution is -1.99. The number of halogens is 2. The van der Waals surface area contributed by atoms with E-state index in [9.17, 15) is 13.6 Å². The predicted octanol–water partition coefficient (Wildman–Crippen LogP) is 4.17. The third kappa shape index (κ3) is 3.35. The van der Waals surface area contributed by atoms with Crippen LogP contribution in [0.4, 0.5) is 8.78 Å². The average Bonchev–Trinajstić information content (AvgIpc) is 2.36. The maximum absolute atomic E-state index is 13.4. The van der Waals surface area contributed by atoms with Crippen LogP contribution >= 0.6 is 0 Å². The van der Waals surface area contributed by atoms with E-state index >= 15 is 0 Å². The van der Waals surface area contributed by atoms with Gasteiger partial charge >= 0.3 is 0 Å². The molecule has 0 radical (unpaired) electrons. The lowest BCUT2D eigenvalue weighted by atomic mass is 10.1. The Morgan fingerprint density at radius 2 is 1.89 bits per heavy atom. The van der Waals surface area contributed by atoms with Crippen molar-refractivity contribution in [3.63, 3.8) is 0 Å². The molecule has 1 nitrogen and oxygen atoms in total. The van der Waals surface area contributed by atoms with E-state index in [2.05, 4.69) is 0 Å². The Hall–Kier alpha value is -2.29. The lowest BCUT2D eigenvalue weighted by Gasteiger charge is -1.99. The summed E-state index contributed by atoms with van der Waals surface area (Å²) in [5, 5.41) is 0. The molecule has 0 amide bonds. The third-order valence-electron chi connectivity index (χ3n) is 2.67. The largest absolute Gasteiger partial charge is 0.289 e. The van der Waals surface area contributed by atoms with E-state index in [1.54, 1.807) is 6.08 Å². The van der Waals surface area contributed by atoms with Crippen LogP contribution < -0.4 is 0 Å². The third-order valence-corrected chi connectivity index (χ3v) is 2.67. The Morgan fingerprint density at radius 1 is 1.11 bits per heavy atom. The van der Waals surface area contributed by atoms with Crippen molar-refractivity contribution in [2.24, 2.45) is 0 Å². The number of hydrogen-bond donors (Lipinski definition) is 0. The highest BCUT2D eigenvalue weighted by Crippen LogP contribution is 2.12. The number of carbonyl (C=O) groups is 1. The van der Waals surface area contributed by atoms with Gasteiger partial charge in [-0.2, -0.15) is 0 Å². The van der Waals surface area contributed by atoms with Gasteiger partial charge in [-0.25, -0.2) is 8.78 Å². The van der Waals surface area contributed by atoms with Crippen LogP contribution in [0.25, 0.3) is 6.08 Å². The zero-order valence-corrected chi connectivity index (χ0v) is 10.4. The molecule has 0 heterocycles. The lowest BCUT2D eigenvalue weighted by molar-refractivity contribution is 0.104. The van der Waals surface area contributed by atoms with Crippen molar-refractivity contribution in [1.82, 2.24) is 0 Å². The minimum atomic E-state index is -0.848. The number of ketones is 1. The van der Waals surface area contributed by atoms with Crippen LogP contribution in [0.15, 0.2) is 48.5 Å². The molecule has 2 rings (SSSR count). The highest BCUT2D eigenvalue weighted by Gasteiger charge is 2.09. The van der Waals surface area contributed by atoms with E-state index in [1.165, 1.54) is 6.08 Å².